The van der Waals surface area contributed by atoms with Gasteiger partial charge in [0.1, 0.15) is 5.75 Å². The number of benzene rings is 1. The molecule has 1 aliphatic rings. The summed E-state index contributed by atoms with van der Waals surface area (Å²) >= 11 is 6.28. The maximum atomic E-state index is 10.1. The third-order valence-corrected chi connectivity index (χ3v) is 4.06. The van der Waals surface area contributed by atoms with Crippen LogP contribution in [0.4, 0.5) is 0 Å². The first-order valence-corrected chi connectivity index (χ1v) is 6.91. The van der Waals surface area contributed by atoms with E-state index in [-0.39, 0.29) is 0 Å². The number of halogens is 1. The van der Waals surface area contributed by atoms with Crippen LogP contribution in [0.3, 0.4) is 0 Å². The summed E-state index contributed by atoms with van der Waals surface area (Å²) in [6.07, 6.45) is 4.89. The lowest BCUT2D eigenvalue weighted by Crippen LogP contribution is -2.16. The standard InChI is InChI=1S/C15H21ClO2/c1-15(2,17)11-8-12(10-6-4-5-7-10)14(18-3)13(16)9-11/h8-10,17H,4-7H2,1-3H3. The number of hydrogen-bond donors (Lipinski definition) is 1. The van der Waals surface area contributed by atoms with Crippen LogP contribution in [0.15, 0.2) is 12.1 Å². The topological polar surface area (TPSA) is 29.5 Å². The molecule has 1 fully saturated rings. The Morgan fingerprint density at radius 3 is 2.39 bits per heavy atom. The summed E-state index contributed by atoms with van der Waals surface area (Å²) in [5.74, 6) is 1.29. The summed E-state index contributed by atoms with van der Waals surface area (Å²) in [4.78, 5) is 0. The summed E-state index contributed by atoms with van der Waals surface area (Å²) < 4.78 is 5.44. The van der Waals surface area contributed by atoms with Gasteiger partial charge in [0.05, 0.1) is 17.7 Å². The molecule has 0 atom stereocenters. The van der Waals surface area contributed by atoms with Gasteiger partial charge >= 0.3 is 0 Å². The molecule has 0 bridgehead atoms. The SMILES string of the molecule is COc1c(Cl)cc(C(C)(C)O)cc1C1CCCC1. The largest absolute Gasteiger partial charge is 0.495 e. The minimum Gasteiger partial charge on any atom is -0.495 e. The molecule has 0 radical (unpaired) electrons. The molecule has 100 valence electrons. The van der Waals surface area contributed by atoms with Crippen molar-refractivity contribution in [3.05, 3.63) is 28.3 Å². The first-order chi connectivity index (χ1) is 8.43. The molecule has 2 nitrogen and oxygen atoms in total. The number of methoxy groups -OCH3 is 1. The van der Waals surface area contributed by atoms with E-state index in [0.717, 1.165) is 16.9 Å². The van der Waals surface area contributed by atoms with Gasteiger partial charge in [-0.3, -0.25) is 0 Å². The van der Waals surface area contributed by atoms with Crippen LogP contribution in [0.2, 0.25) is 5.02 Å². The monoisotopic (exact) mass is 268 g/mol. The van der Waals surface area contributed by atoms with Gasteiger partial charge in [-0.15, -0.1) is 0 Å². The fraction of sp³-hybridized carbons (Fsp3) is 0.600. The third kappa shape index (κ3) is 2.65. The van der Waals surface area contributed by atoms with Gasteiger partial charge in [0.25, 0.3) is 0 Å². The molecular formula is C15H21ClO2. The van der Waals surface area contributed by atoms with Crippen molar-refractivity contribution in [2.45, 2.75) is 51.0 Å². The number of ether oxygens (including phenoxy) is 1. The molecule has 0 amide bonds. The average molecular weight is 269 g/mol. The quantitative estimate of drug-likeness (QED) is 0.889. The smallest absolute Gasteiger partial charge is 0.140 e. The van der Waals surface area contributed by atoms with Gasteiger partial charge in [-0.2, -0.15) is 0 Å². The zero-order valence-electron chi connectivity index (χ0n) is 11.3. The summed E-state index contributed by atoms with van der Waals surface area (Å²) in [7, 11) is 1.66. The Hall–Kier alpha value is -0.730. The predicted molar refractivity (Wildman–Crippen MR) is 74.5 cm³/mol. The Bertz CT molecular complexity index is 429. The highest BCUT2D eigenvalue weighted by Gasteiger charge is 2.26. The number of hydrogen-bond acceptors (Lipinski definition) is 2. The van der Waals surface area contributed by atoms with Crippen molar-refractivity contribution in [2.24, 2.45) is 0 Å². The molecule has 1 aromatic rings. The maximum Gasteiger partial charge on any atom is 0.140 e. The molecule has 2 rings (SSSR count). The van der Waals surface area contributed by atoms with Crippen molar-refractivity contribution in [1.82, 2.24) is 0 Å². The van der Waals surface area contributed by atoms with E-state index in [1.54, 1.807) is 27.0 Å². The van der Waals surface area contributed by atoms with E-state index in [1.807, 2.05) is 0 Å². The second-order valence-corrected chi connectivity index (χ2v) is 6.03. The fourth-order valence-electron chi connectivity index (χ4n) is 2.72. The Labute approximate surface area is 114 Å². The number of rotatable bonds is 3. The van der Waals surface area contributed by atoms with Crippen LogP contribution in [-0.2, 0) is 5.60 Å². The van der Waals surface area contributed by atoms with Crippen LogP contribution < -0.4 is 4.74 Å². The summed E-state index contributed by atoms with van der Waals surface area (Å²) in [5.41, 5.74) is 1.14. The molecule has 1 saturated carbocycles. The maximum absolute atomic E-state index is 10.1. The molecule has 0 spiro atoms. The molecule has 1 aromatic carbocycles. The molecule has 0 aliphatic heterocycles. The Balaban J connectivity index is 2.50. The van der Waals surface area contributed by atoms with Crippen molar-refractivity contribution in [1.29, 1.82) is 0 Å². The van der Waals surface area contributed by atoms with Crippen molar-refractivity contribution < 1.29 is 9.84 Å². The highest BCUT2D eigenvalue weighted by Crippen LogP contribution is 2.43. The normalized spacial score (nSPS) is 17.2. The molecule has 3 heteroatoms. The van der Waals surface area contributed by atoms with E-state index in [2.05, 4.69) is 6.07 Å². The highest BCUT2D eigenvalue weighted by atomic mass is 35.5. The van der Waals surface area contributed by atoms with Crippen LogP contribution in [0.5, 0.6) is 5.75 Å². The predicted octanol–water partition coefficient (Wildman–Crippen LogP) is 4.23. The Morgan fingerprint density at radius 1 is 1.28 bits per heavy atom. The lowest BCUT2D eigenvalue weighted by Gasteiger charge is -2.23. The van der Waals surface area contributed by atoms with Gasteiger partial charge in [-0.05, 0) is 55.9 Å². The molecule has 0 saturated heterocycles. The lowest BCUT2D eigenvalue weighted by atomic mass is 9.90. The third-order valence-electron chi connectivity index (χ3n) is 3.78. The van der Waals surface area contributed by atoms with Gasteiger partial charge in [0.15, 0.2) is 0 Å². The molecule has 0 aromatic heterocycles. The van der Waals surface area contributed by atoms with E-state index in [0.29, 0.717) is 10.9 Å². The van der Waals surface area contributed by atoms with E-state index >= 15 is 0 Å². The molecular weight excluding hydrogens is 248 g/mol. The van der Waals surface area contributed by atoms with Crippen LogP contribution in [0.25, 0.3) is 0 Å². The van der Waals surface area contributed by atoms with Crippen LogP contribution >= 0.6 is 11.6 Å². The zero-order chi connectivity index (χ0) is 13.3. The molecule has 1 aliphatic carbocycles. The van der Waals surface area contributed by atoms with E-state index in [4.69, 9.17) is 16.3 Å². The first kappa shape index (κ1) is 13.7. The number of aliphatic hydroxyl groups is 1. The minimum absolute atomic E-state index is 0.514. The Morgan fingerprint density at radius 2 is 1.89 bits per heavy atom. The van der Waals surface area contributed by atoms with Crippen LogP contribution in [0.1, 0.15) is 56.6 Å². The summed E-state index contributed by atoms with van der Waals surface area (Å²) in [6.45, 7) is 3.56. The van der Waals surface area contributed by atoms with Gasteiger partial charge < -0.3 is 9.84 Å². The second kappa shape index (κ2) is 5.10. The van der Waals surface area contributed by atoms with Gasteiger partial charge in [0.2, 0.25) is 0 Å². The fourth-order valence-corrected chi connectivity index (χ4v) is 3.03. The van der Waals surface area contributed by atoms with Crippen LogP contribution in [0, 0.1) is 0 Å². The molecule has 18 heavy (non-hydrogen) atoms. The Kier molecular flexibility index (Phi) is 3.88. The van der Waals surface area contributed by atoms with E-state index in [1.165, 1.54) is 25.7 Å². The van der Waals surface area contributed by atoms with Crippen molar-refractivity contribution in [3.63, 3.8) is 0 Å². The average Bonchev–Trinajstić information content (AvgIpc) is 2.79. The second-order valence-electron chi connectivity index (χ2n) is 5.62. The van der Waals surface area contributed by atoms with E-state index < -0.39 is 5.60 Å². The van der Waals surface area contributed by atoms with Gasteiger partial charge in [-0.1, -0.05) is 24.4 Å². The minimum atomic E-state index is -0.872. The highest BCUT2D eigenvalue weighted by molar-refractivity contribution is 6.32. The lowest BCUT2D eigenvalue weighted by molar-refractivity contribution is 0.0784. The first-order valence-electron chi connectivity index (χ1n) is 6.53. The molecule has 0 unspecified atom stereocenters. The van der Waals surface area contributed by atoms with Crippen molar-refractivity contribution in [3.8, 4) is 5.75 Å². The van der Waals surface area contributed by atoms with Crippen LogP contribution in [-0.4, -0.2) is 12.2 Å². The zero-order valence-corrected chi connectivity index (χ0v) is 12.0. The summed E-state index contributed by atoms with van der Waals surface area (Å²) in [5, 5.41) is 10.7. The molecule has 1 N–H and O–H groups in total. The van der Waals surface area contributed by atoms with Gasteiger partial charge in [0, 0.05) is 0 Å². The van der Waals surface area contributed by atoms with E-state index in [9.17, 15) is 5.11 Å². The van der Waals surface area contributed by atoms with Crippen molar-refractivity contribution in [2.75, 3.05) is 7.11 Å². The summed E-state index contributed by atoms with van der Waals surface area (Å²) in [6, 6.07) is 3.86. The van der Waals surface area contributed by atoms with Gasteiger partial charge in [-0.25, -0.2) is 0 Å². The van der Waals surface area contributed by atoms with Crippen molar-refractivity contribution >= 4 is 11.6 Å². The molecule has 0 heterocycles.